The first-order chi connectivity index (χ1) is 6.70. The van der Waals surface area contributed by atoms with Crippen LogP contribution in [0.4, 0.5) is 0 Å². The van der Waals surface area contributed by atoms with Crippen molar-refractivity contribution in [1.29, 1.82) is 0 Å². The molecule has 0 aromatic heterocycles. The summed E-state index contributed by atoms with van der Waals surface area (Å²) in [6, 6.07) is -0.456. The molecule has 2 aliphatic rings. The molecule has 0 spiro atoms. The number of hydrogen-bond donors (Lipinski definition) is 1. The van der Waals surface area contributed by atoms with Crippen molar-refractivity contribution in [3.8, 4) is 11.8 Å². The van der Waals surface area contributed by atoms with E-state index in [1.807, 2.05) is 0 Å². The summed E-state index contributed by atoms with van der Waals surface area (Å²) in [5.41, 5.74) is 5.70. The number of ether oxygens (including phenoxy) is 1. The highest BCUT2D eigenvalue weighted by Gasteiger charge is 2.37. The van der Waals surface area contributed by atoms with E-state index in [9.17, 15) is 4.79 Å². The summed E-state index contributed by atoms with van der Waals surface area (Å²) in [6.07, 6.45) is 2.97. The Morgan fingerprint density at radius 2 is 2.07 bits per heavy atom. The van der Waals surface area contributed by atoms with Gasteiger partial charge in [-0.05, 0) is 25.2 Å². The minimum atomic E-state index is -0.456. The standard InChI is InChI=1S/C11H15NO2/c1-14-11(13)10(12)6-7-4-8-2-3-9(8)5-7/h7-10H,4-6,12H2,1H3/t7?,8-,9+,10-/m0/s1. The Bertz CT molecular complexity index is 286. The van der Waals surface area contributed by atoms with Crippen LogP contribution in [0.2, 0.25) is 0 Å². The maximum atomic E-state index is 11.1. The molecule has 0 saturated heterocycles. The van der Waals surface area contributed by atoms with Crippen molar-refractivity contribution >= 4 is 5.97 Å². The fourth-order valence-corrected chi connectivity index (χ4v) is 2.38. The van der Waals surface area contributed by atoms with Crippen molar-refractivity contribution in [3.63, 3.8) is 0 Å². The topological polar surface area (TPSA) is 52.3 Å². The van der Waals surface area contributed by atoms with Crippen LogP contribution in [0.15, 0.2) is 0 Å². The second-order valence-electron chi connectivity index (χ2n) is 4.20. The molecule has 2 aliphatic carbocycles. The summed E-state index contributed by atoms with van der Waals surface area (Å²) in [5.74, 6) is 7.71. The van der Waals surface area contributed by atoms with Crippen molar-refractivity contribution in [3.05, 3.63) is 0 Å². The SMILES string of the molecule is COC(=O)[C@@H](N)CC1C[C@H]2C#C[C@H]2C1. The molecule has 2 rings (SSSR count). The lowest BCUT2D eigenvalue weighted by Gasteiger charge is -2.13. The van der Waals surface area contributed by atoms with E-state index in [0.29, 0.717) is 17.8 Å². The second-order valence-corrected chi connectivity index (χ2v) is 4.20. The lowest BCUT2D eigenvalue weighted by molar-refractivity contribution is -0.142. The van der Waals surface area contributed by atoms with Gasteiger partial charge in [0.15, 0.2) is 0 Å². The smallest absolute Gasteiger partial charge is 0.322 e. The summed E-state index contributed by atoms with van der Waals surface area (Å²) in [4.78, 5) is 11.1. The molecule has 3 heteroatoms. The predicted molar refractivity (Wildman–Crippen MR) is 52.1 cm³/mol. The van der Waals surface area contributed by atoms with Crippen LogP contribution in [0.3, 0.4) is 0 Å². The molecule has 0 amide bonds. The van der Waals surface area contributed by atoms with Gasteiger partial charge in [0.05, 0.1) is 7.11 Å². The summed E-state index contributed by atoms with van der Waals surface area (Å²) in [6.45, 7) is 0. The summed E-state index contributed by atoms with van der Waals surface area (Å²) < 4.78 is 4.60. The second kappa shape index (κ2) is 3.62. The number of methoxy groups -OCH3 is 1. The summed E-state index contributed by atoms with van der Waals surface area (Å²) >= 11 is 0. The predicted octanol–water partition coefficient (Wildman–Crippen LogP) is 0.536. The van der Waals surface area contributed by atoms with Crippen LogP contribution in [-0.2, 0) is 9.53 Å². The molecule has 1 fully saturated rings. The molecule has 0 aromatic carbocycles. The van der Waals surface area contributed by atoms with Gasteiger partial charge < -0.3 is 10.5 Å². The zero-order chi connectivity index (χ0) is 10.1. The third-order valence-corrected chi connectivity index (χ3v) is 3.21. The number of carbonyl (C=O) groups is 1. The lowest BCUT2D eigenvalue weighted by Crippen LogP contribution is -2.33. The molecule has 76 valence electrons. The third-order valence-electron chi connectivity index (χ3n) is 3.21. The van der Waals surface area contributed by atoms with E-state index >= 15 is 0 Å². The molecule has 0 bridgehead atoms. The average Bonchev–Trinajstić information content (AvgIpc) is 2.43. The first-order valence-corrected chi connectivity index (χ1v) is 5.05. The van der Waals surface area contributed by atoms with Gasteiger partial charge in [0.1, 0.15) is 6.04 Å². The Kier molecular flexibility index (Phi) is 2.47. The van der Waals surface area contributed by atoms with Crippen LogP contribution in [0, 0.1) is 29.6 Å². The van der Waals surface area contributed by atoms with Gasteiger partial charge in [-0.2, -0.15) is 0 Å². The Hall–Kier alpha value is -1.01. The van der Waals surface area contributed by atoms with Gasteiger partial charge in [0.25, 0.3) is 0 Å². The largest absolute Gasteiger partial charge is 0.468 e. The fraction of sp³-hybridized carbons (Fsp3) is 0.727. The van der Waals surface area contributed by atoms with Crippen LogP contribution in [0.1, 0.15) is 19.3 Å². The normalized spacial score (nSPS) is 34.9. The van der Waals surface area contributed by atoms with Gasteiger partial charge in [-0.3, -0.25) is 4.79 Å². The molecule has 1 saturated carbocycles. The molecular weight excluding hydrogens is 178 g/mol. The van der Waals surface area contributed by atoms with Gasteiger partial charge >= 0.3 is 5.97 Å². The molecule has 0 aromatic rings. The molecule has 4 atom stereocenters. The van der Waals surface area contributed by atoms with E-state index in [-0.39, 0.29) is 5.97 Å². The summed E-state index contributed by atoms with van der Waals surface area (Å²) in [5, 5.41) is 0. The number of nitrogens with two attached hydrogens (primary N) is 1. The fourth-order valence-electron chi connectivity index (χ4n) is 2.38. The van der Waals surface area contributed by atoms with Crippen LogP contribution in [0.25, 0.3) is 0 Å². The quantitative estimate of drug-likeness (QED) is 0.525. The molecule has 2 N–H and O–H groups in total. The Labute approximate surface area is 84.0 Å². The van der Waals surface area contributed by atoms with E-state index in [4.69, 9.17) is 5.73 Å². The van der Waals surface area contributed by atoms with E-state index in [1.165, 1.54) is 7.11 Å². The van der Waals surface area contributed by atoms with Gasteiger partial charge in [-0.1, -0.05) is 11.8 Å². The average molecular weight is 193 g/mol. The zero-order valence-corrected chi connectivity index (χ0v) is 8.32. The monoisotopic (exact) mass is 193 g/mol. The molecule has 0 radical (unpaired) electrons. The van der Waals surface area contributed by atoms with Crippen molar-refractivity contribution < 1.29 is 9.53 Å². The van der Waals surface area contributed by atoms with E-state index < -0.39 is 6.04 Å². The highest BCUT2D eigenvalue weighted by atomic mass is 16.5. The van der Waals surface area contributed by atoms with Crippen molar-refractivity contribution in [1.82, 2.24) is 0 Å². The van der Waals surface area contributed by atoms with E-state index in [0.717, 1.165) is 19.3 Å². The molecule has 1 unspecified atom stereocenters. The Balaban J connectivity index is 1.79. The number of fused-ring (bicyclic) bond motifs is 1. The first-order valence-electron chi connectivity index (χ1n) is 5.05. The molecule has 14 heavy (non-hydrogen) atoms. The van der Waals surface area contributed by atoms with Crippen molar-refractivity contribution in [2.75, 3.05) is 7.11 Å². The lowest BCUT2D eigenvalue weighted by atomic mass is 9.89. The van der Waals surface area contributed by atoms with Crippen molar-refractivity contribution in [2.45, 2.75) is 25.3 Å². The highest BCUT2D eigenvalue weighted by molar-refractivity contribution is 5.75. The number of rotatable bonds is 3. The van der Waals surface area contributed by atoms with Crippen LogP contribution < -0.4 is 5.73 Å². The minimum absolute atomic E-state index is 0.301. The van der Waals surface area contributed by atoms with Gasteiger partial charge in [0.2, 0.25) is 0 Å². The van der Waals surface area contributed by atoms with Crippen LogP contribution in [-0.4, -0.2) is 19.1 Å². The number of hydrogen-bond acceptors (Lipinski definition) is 3. The van der Waals surface area contributed by atoms with Crippen LogP contribution >= 0.6 is 0 Å². The number of esters is 1. The Morgan fingerprint density at radius 1 is 1.50 bits per heavy atom. The van der Waals surface area contributed by atoms with Crippen molar-refractivity contribution in [2.24, 2.45) is 23.5 Å². The number of carbonyl (C=O) groups excluding carboxylic acids is 1. The van der Waals surface area contributed by atoms with Gasteiger partial charge in [0, 0.05) is 11.8 Å². The maximum Gasteiger partial charge on any atom is 0.322 e. The molecular formula is C11H15NO2. The molecule has 3 nitrogen and oxygen atoms in total. The third kappa shape index (κ3) is 1.62. The summed E-state index contributed by atoms with van der Waals surface area (Å²) in [7, 11) is 1.38. The van der Waals surface area contributed by atoms with E-state index in [2.05, 4.69) is 16.6 Å². The molecule has 0 heterocycles. The van der Waals surface area contributed by atoms with E-state index in [1.54, 1.807) is 0 Å². The highest BCUT2D eigenvalue weighted by Crippen LogP contribution is 2.41. The zero-order valence-electron chi connectivity index (χ0n) is 8.32. The minimum Gasteiger partial charge on any atom is -0.468 e. The van der Waals surface area contributed by atoms with Gasteiger partial charge in [-0.15, -0.1) is 0 Å². The van der Waals surface area contributed by atoms with Crippen LogP contribution in [0.5, 0.6) is 0 Å². The Morgan fingerprint density at radius 3 is 2.50 bits per heavy atom. The maximum absolute atomic E-state index is 11.1. The van der Waals surface area contributed by atoms with Gasteiger partial charge in [-0.25, -0.2) is 0 Å². The molecule has 0 aliphatic heterocycles. The first kappa shape index (κ1) is 9.54.